The predicted octanol–water partition coefficient (Wildman–Crippen LogP) is 3.48. The number of aromatic nitrogens is 2. The molecule has 0 aliphatic carbocycles. The minimum absolute atomic E-state index is 0.0562. The number of halogens is 1. The Bertz CT molecular complexity index is 742. The predicted molar refractivity (Wildman–Crippen MR) is 90.0 cm³/mol. The van der Waals surface area contributed by atoms with Crippen LogP contribution in [0.3, 0.4) is 0 Å². The second-order valence-corrected chi connectivity index (χ2v) is 6.48. The van der Waals surface area contributed by atoms with E-state index in [1.54, 1.807) is 17.7 Å². The topological polar surface area (TPSA) is 50.2 Å². The van der Waals surface area contributed by atoms with Crippen molar-refractivity contribution in [3.63, 3.8) is 0 Å². The lowest BCUT2D eigenvalue weighted by Crippen LogP contribution is -2.40. The van der Waals surface area contributed by atoms with Gasteiger partial charge < -0.3 is 10.2 Å². The minimum atomic E-state index is -0.247. The van der Waals surface area contributed by atoms with Gasteiger partial charge in [-0.1, -0.05) is 12.1 Å². The Morgan fingerprint density at radius 3 is 2.92 bits per heavy atom. The Hall–Kier alpha value is -2.37. The van der Waals surface area contributed by atoms with Gasteiger partial charge in [-0.3, -0.25) is 4.68 Å². The molecule has 6 heteroatoms. The highest BCUT2D eigenvalue weighted by atomic mass is 19.1. The molecule has 0 radical (unpaired) electrons. The maximum absolute atomic E-state index is 13.7. The van der Waals surface area contributed by atoms with Crippen LogP contribution in [0.2, 0.25) is 0 Å². The van der Waals surface area contributed by atoms with E-state index < -0.39 is 0 Å². The third kappa shape index (κ3) is 3.27. The summed E-state index contributed by atoms with van der Waals surface area (Å²) in [4.78, 5) is 14.5. The fraction of sp³-hybridized carbons (Fsp3) is 0.444. The van der Waals surface area contributed by atoms with Crippen molar-refractivity contribution in [2.24, 2.45) is 7.05 Å². The Labute approximate surface area is 141 Å². The van der Waals surface area contributed by atoms with E-state index in [0.717, 1.165) is 30.5 Å². The van der Waals surface area contributed by atoms with E-state index in [9.17, 15) is 9.18 Å². The fourth-order valence-electron chi connectivity index (χ4n) is 3.20. The van der Waals surface area contributed by atoms with Crippen LogP contribution in [0.15, 0.2) is 30.6 Å². The van der Waals surface area contributed by atoms with Gasteiger partial charge in [-0.2, -0.15) is 5.10 Å². The minimum Gasteiger partial charge on any atom is -0.331 e. The highest BCUT2D eigenvalue weighted by Gasteiger charge is 2.31. The molecule has 24 heavy (non-hydrogen) atoms. The molecule has 1 N–H and O–H groups in total. The quantitative estimate of drug-likeness (QED) is 0.937. The second kappa shape index (κ2) is 6.63. The number of hydrogen-bond donors (Lipinski definition) is 1. The Morgan fingerprint density at radius 2 is 2.25 bits per heavy atom. The van der Waals surface area contributed by atoms with E-state index in [1.807, 2.05) is 37.3 Å². The van der Waals surface area contributed by atoms with Gasteiger partial charge in [0.05, 0.1) is 18.3 Å². The van der Waals surface area contributed by atoms with Crippen molar-refractivity contribution < 1.29 is 9.18 Å². The molecule has 1 aromatic heterocycles. The molecule has 1 aliphatic rings. The molecule has 5 nitrogen and oxygen atoms in total. The van der Waals surface area contributed by atoms with Gasteiger partial charge in [-0.15, -0.1) is 0 Å². The number of benzene rings is 1. The zero-order valence-corrected chi connectivity index (χ0v) is 14.3. The standard InChI is InChI=1S/C18H23FN4O/c1-12-6-7-14(9-16(12)19)13(2)21-18(24)23-8-4-5-17(23)15-10-20-22(3)11-15/h6-7,9-11,13,17H,4-5,8H2,1-3H3,(H,21,24)/t13-,17-/m1/s1. The van der Waals surface area contributed by atoms with Crippen molar-refractivity contribution in [1.29, 1.82) is 0 Å². The number of likely N-dealkylation sites (tertiary alicyclic amines) is 1. The molecule has 128 valence electrons. The van der Waals surface area contributed by atoms with Crippen LogP contribution in [-0.4, -0.2) is 27.3 Å². The summed E-state index contributed by atoms with van der Waals surface area (Å²) in [5.41, 5.74) is 2.43. The van der Waals surface area contributed by atoms with Crippen molar-refractivity contribution in [3.8, 4) is 0 Å². The molecule has 1 aromatic carbocycles. The van der Waals surface area contributed by atoms with Crippen LogP contribution in [0.1, 0.15) is 48.5 Å². The average molecular weight is 330 g/mol. The monoisotopic (exact) mass is 330 g/mol. The number of carbonyl (C=O) groups is 1. The molecular weight excluding hydrogens is 307 g/mol. The highest BCUT2D eigenvalue weighted by Crippen LogP contribution is 2.31. The van der Waals surface area contributed by atoms with E-state index >= 15 is 0 Å². The third-order valence-electron chi connectivity index (χ3n) is 4.66. The molecule has 2 atom stereocenters. The summed E-state index contributed by atoms with van der Waals surface area (Å²) in [6.07, 6.45) is 5.68. The number of hydrogen-bond acceptors (Lipinski definition) is 2. The van der Waals surface area contributed by atoms with Crippen LogP contribution >= 0.6 is 0 Å². The average Bonchev–Trinajstić information content (AvgIpc) is 3.18. The molecule has 2 amide bonds. The zero-order valence-electron chi connectivity index (χ0n) is 14.3. The van der Waals surface area contributed by atoms with Gasteiger partial charge in [0.2, 0.25) is 0 Å². The molecule has 1 aliphatic heterocycles. The van der Waals surface area contributed by atoms with Crippen LogP contribution in [0, 0.1) is 12.7 Å². The number of urea groups is 1. The summed E-state index contributed by atoms with van der Waals surface area (Å²) in [5, 5.41) is 7.18. The first kappa shape index (κ1) is 16.5. The fourth-order valence-corrected chi connectivity index (χ4v) is 3.20. The number of carbonyl (C=O) groups excluding carboxylic acids is 1. The lowest BCUT2D eigenvalue weighted by atomic mass is 10.1. The molecule has 0 spiro atoms. The van der Waals surface area contributed by atoms with E-state index in [4.69, 9.17) is 0 Å². The van der Waals surface area contributed by atoms with Crippen LogP contribution < -0.4 is 5.32 Å². The first-order valence-corrected chi connectivity index (χ1v) is 8.27. The van der Waals surface area contributed by atoms with Gasteiger partial charge in [0.1, 0.15) is 5.82 Å². The van der Waals surface area contributed by atoms with Crippen molar-refractivity contribution in [3.05, 3.63) is 53.1 Å². The molecule has 1 fully saturated rings. The van der Waals surface area contributed by atoms with Crippen molar-refractivity contribution in [2.75, 3.05) is 6.54 Å². The first-order valence-electron chi connectivity index (χ1n) is 8.27. The maximum Gasteiger partial charge on any atom is 0.318 e. The molecular formula is C18H23FN4O. The lowest BCUT2D eigenvalue weighted by Gasteiger charge is -2.26. The second-order valence-electron chi connectivity index (χ2n) is 6.48. The summed E-state index contributed by atoms with van der Waals surface area (Å²) < 4.78 is 15.5. The van der Waals surface area contributed by atoms with Gasteiger partial charge in [-0.25, -0.2) is 9.18 Å². The van der Waals surface area contributed by atoms with E-state index in [1.165, 1.54) is 6.07 Å². The van der Waals surface area contributed by atoms with Gasteiger partial charge in [0.25, 0.3) is 0 Å². The number of nitrogens with zero attached hydrogens (tertiary/aromatic N) is 3. The molecule has 0 saturated carbocycles. The summed E-state index contributed by atoms with van der Waals surface area (Å²) in [6.45, 7) is 4.32. The van der Waals surface area contributed by atoms with Crippen LogP contribution in [-0.2, 0) is 7.05 Å². The molecule has 2 heterocycles. The number of amides is 2. The van der Waals surface area contributed by atoms with Crippen molar-refractivity contribution >= 4 is 6.03 Å². The van der Waals surface area contributed by atoms with Crippen LogP contribution in [0.25, 0.3) is 0 Å². The Morgan fingerprint density at radius 1 is 1.46 bits per heavy atom. The summed E-state index contributed by atoms with van der Waals surface area (Å²) in [6, 6.07) is 4.77. The highest BCUT2D eigenvalue weighted by molar-refractivity contribution is 5.75. The normalized spacial score (nSPS) is 18.7. The van der Waals surface area contributed by atoms with Gasteiger partial charge in [0.15, 0.2) is 0 Å². The number of nitrogens with one attached hydrogen (secondary N) is 1. The molecule has 0 unspecified atom stereocenters. The summed E-state index contributed by atoms with van der Waals surface area (Å²) in [7, 11) is 1.87. The SMILES string of the molecule is Cc1ccc([C@@H](C)NC(=O)N2CCC[C@@H]2c2cnn(C)c2)cc1F. The third-order valence-corrected chi connectivity index (χ3v) is 4.66. The molecule has 1 saturated heterocycles. The van der Waals surface area contributed by atoms with Crippen molar-refractivity contribution in [2.45, 2.75) is 38.8 Å². The summed E-state index contributed by atoms with van der Waals surface area (Å²) in [5.74, 6) is -0.247. The zero-order chi connectivity index (χ0) is 17.3. The van der Waals surface area contributed by atoms with E-state index in [2.05, 4.69) is 10.4 Å². The number of aryl methyl sites for hydroxylation is 2. The number of rotatable bonds is 3. The first-order chi connectivity index (χ1) is 11.5. The Balaban J connectivity index is 1.70. The van der Waals surface area contributed by atoms with Crippen LogP contribution in [0.4, 0.5) is 9.18 Å². The molecule has 2 aromatic rings. The Kier molecular flexibility index (Phi) is 4.55. The van der Waals surface area contributed by atoms with E-state index in [-0.39, 0.29) is 23.9 Å². The molecule has 3 rings (SSSR count). The van der Waals surface area contributed by atoms with Gasteiger partial charge in [-0.05, 0) is 43.9 Å². The summed E-state index contributed by atoms with van der Waals surface area (Å²) >= 11 is 0. The van der Waals surface area contributed by atoms with Crippen molar-refractivity contribution in [1.82, 2.24) is 20.0 Å². The molecule has 0 bridgehead atoms. The smallest absolute Gasteiger partial charge is 0.318 e. The van der Waals surface area contributed by atoms with Gasteiger partial charge in [0, 0.05) is 25.4 Å². The maximum atomic E-state index is 13.7. The lowest BCUT2D eigenvalue weighted by molar-refractivity contribution is 0.189. The largest absolute Gasteiger partial charge is 0.331 e. The van der Waals surface area contributed by atoms with Crippen LogP contribution in [0.5, 0.6) is 0 Å². The van der Waals surface area contributed by atoms with E-state index in [0.29, 0.717) is 5.56 Å². The van der Waals surface area contributed by atoms with Gasteiger partial charge >= 0.3 is 6.03 Å².